The molecule has 4 nitrogen and oxygen atoms in total. The summed E-state index contributed by atoms with van der Waals surface area (Å²) in [6, 6.07) is 10.1. The van der Waals surface area contributed by atoms with Gasteiger partial charge in [-0.25, -0.2) is 0 Å². The highest BCUT2D eigenvalue weighted by molar-refractivity contribution is 7.98. The summed E-state index contributed by atoms with van der Waals surface area (Å²) in [5, 5.41) is 7.90. The first kappa shape index (κ1) is 15.4. The van der Waals surface area contributed by atoms with E-state index in [0.717, 1.165) is 29.2 Å². The molecule has 2 aromatic rings. The van der Waals surface area contributed by atoms with Crippen LogP contribution in [0.5, 0.6) is 0 Å². The second-order valence-electron chi connectivity index (χ2n) is 4.64. The molecule has 0 amide bonds. The highest BCUT2D eigenvalue weighted by Crippen LogP contribution is 2.30. The second kappa shape index (κ2) is 7.13. The largest absolute Gasteiger partial charge is 0.384 e. The zero-order valence-corrected chi connectivity index (χ0v) is 13.2. The van der Waals surface area contributed by atoms with Crippen LogP contribution in [0.2, 0.25) is 0 Å². The number of rotatable bonds is 6. The predicted octanol–water partition coefficient (Wildman–Crippen LogP) is 3.11. The van der Waals surface area contributed by atoms with Crippen LogP contribution >= 0.6 is 11.8 Å². The fourth-order valence-electron chi connectivity index (χ4n) is 2.30. The third-order valence-electron chi connectivity index (χ3n) is 3.34. The lowest BCUT2D eigenvalue weighted by molar-refractivity contribution is 0.827. The van der Waals surface area contributed by atoms with Gasteiger partial charge in [-0.15, -0.1) is 11.8 Å². The van der Waals surface area contributed by atoms with E-state index in [1.165, 1.54) is 5.56 Å². The van der Waals surface area contributed by atoms with Crippen LogP contribution in [0.3, 0.4) is 0 Å². The topological polar surface area (TPSA) is 66.0 Å². The summed E-state index contributed by atoms with van der Waals surface area (Å²) in [6.07, 6.45) is 5.60. The summed E-state index contributed by atoms with van der Waals surface area (Å²) in [6.45, 7) is 3.73. The molecular formula is C16H20N4S. The number of nitrogen functional groups attached to an aromatic ring is 1. The summed E-state index contributed by atoms with van der Waals surface area (Å²) < 4.78 is 0. The molecule has 0 bridgehead atoms. The van der Waals surface area contributed by atoms with Gasteiger partial charge < -0.3 is 10.6 Å². The van der Waals surface area contributed by atoms with Gasteiger partial charge in [0.05, 0.1) is 5.56 Å². The minimum absolute atomic E-state index is 0.114. The Morgan fingerprint density at radius 3 is 2.57 bits per heavy atom. The lowest BCUT2D eigenvalue weighted by Crippen LogP contribution is -2.26. The van der Waals surface area contributed by atoms with E-state index < -0.39 is 0 Å². The summed E-state index contributed by atoms with van der Waals surface area (Å²) in [5.74, 6) is 0.114. The molecule has 110 valence electrons. The third-order valence-corrected chi connectivity index (χ3v) is 4.12. The minimum atomic E-state index is 0.114. The van der Waals surface area contributed by atoms with Gasteiger partial charge in [0.2, 0.25) is 0 Å². The number of anilines is 1. The van der Waals surface area contributed by atoms with Gasteiger partial charge in [0.1, 0.15) is 5.84 Å². The maximum atomic E-state index is 7.90. The number of hydrogen-bond acceptors (Lipinski definition) is 4. The van der Waals surface area contributed by atoms with Gasteiger partial charge in [-0.3, -0.25) is 10.4 Å². The van der Waals surface area contributed by atoms with Crippen LogP contribution < -0.4 is 10.6 Å². The van der Waals surface area contributed by atoms with Gasteiger partial charge in [0.25, 0.3) is 0 Å². The predicted molar refractivity (Wildman–Crippen MR) is 90.2 cm³/mol. The number of aromatic nitrogens is 1. The van der Waals surface area contributed by atoms with Crippen LogP contribution in [0.4, 0.5) is 5.69 Å². The Hall–Kier alpha value is -2.01. The quantitative estimate of drug-likeness (QED) is 0.489. The highest BCUT2D eigenvalue weighted by Gasteiger charge is 2.15. The average molecular weight is 300 g/mol. The van der Waals surface area contributed by atoms with Crippen LogP contribution in [-0.2, 0) is 6.54 Å². The Labute approximate surface area is 129 Å². The Kier molecular flexibility index (Phi) is 5.22. The first-order valence-corrected chi connectivity index (χ1v) is 8.05. The van der Waals surface area contributed by atoms with Crippen molar-refractivity contribution in [3.05, 3.63) is 53.9 Å². The van der Waals surface area contributed by atoms with Crippen LogP contribution in [0.15, 0.2) is 47.6 Å². The van der Waals surface area contributed by atoms with Gasteiger partial charge in [0.15, 0.2) is 0 Å². The van der Waals surface area contributed by atoms with Gasteiger partial charge in [-0.05, 0) is 43.0 Å². The van der Waals surface area contributed by atoms with Crippen molar-refractivity contribution in [3.63, 3.8) is 0 Å². The molecule has 1 aromatic carbocycles. The number of hydrogen-bond donors (Lipinski definition) is 2. The Morgan fingerprint density at radius 2 is 2.00 bits per heavy atom. The molecule has 0 spiro atoms. The molecule has 5 heteroatoms. The van der Waals surface area contributed by atoms with Gasteiger partial charge in [0, 0.05) is 36.1 Å². The van der Waals surface area contributed by atoms with Crippen LogP contribution in [0.25, 0.3) is 0 Å². The number of amidine groups is 1. The van der Waals surface area contributed by atoms with Crippen LogP contribution in [0, 0.1) is 5.41 Å². The molecular weight excluding hydrogens is 280 g/mol. The first-order valence-electron chi connectivity index (χ1n) is 6.82. The SMILES string of the molecule is CCN(Cc1ccncc1)c1cccc(SC)c1C(=N)N. The first-order chi connectivity index (χ1) is 10.2. The minimum Gasteiger partial charge on any atom is -0.384 e. The monoisotopic (exact) mass is 300 g/mol. The normalized spacial score (nSPS) is 10.4. The van der Waals surface area contributed by atoms with E-state index in [9.17, 15) is 0 Å². The zero-order valence-electron chi connectivity index (χ0n) is 12.3. The molecule has 21 heavy (non-hydrogen) atoms. The Morgan fingerprint density at radius 1 is 1.29 bits per heavy atom. The van der Waals surface area contributed by atoms with Crippen molar-refractivity contribution in [2.24, 2.45) is 5.73 Å². The number of pyridine rings is 1. The molecule has 0 saturated heterocycles. The van der Waals surface area contributed by atoms with Crippen molar-refractivity contribution in [2.75, 3.05) is 17.7 Å². The number of nitrogens with zero attached hydrogens (tertiary/aromatic N) is 2. The number of nitrogens with two attached hydrogens (primary N) is 1. The van der Waals surface area contributed by atoms with Crippen LogP contribution in [0.1, 0.15) is 18.1 Å². The molecule has 1 aromatic heterocycles. The zero-order chi connectivity index (χ0) is 15.2. The maximum absolute atomic E-state index is 7.90. The van der Waals surface area contributed by atoms with E-state index in [1.807, 2.05) is 36.6 Å². The van der Waals surface area contributed by atoms with Crippen molar-refractivity contribution >= 4 is 23.3 Å². The van der Waals surface area contributed by atoms with Crippen molar-refractivity contribution in [2.45, 2.75) is 18.4 Å². The van der Waals surface area contributed by atoms with Gasteiger partial charge in [-0.2, -0.15) is 0 Å². The third kappa shape index (κ3) is 3.55. The van der Waals surface area contributed by atoms with Crippen molar-refractivity contribution in [3.8, 4) is 0 Å². The van der Waals surface area contributed by atoms with E-state index in [4.69, 9.17) is 11.1 Å². The molecule has 0 unspecified atom stereocenters. The fourth-order valence-corrected chi connectivity index (χ4v) is 2.93. The molecule has 0 radical (unpaired) electrons. The molecule has 3 N–H and O–H groups in total. The standard InChI is InChI=1S/C16H20N4S/c1-3-20(11-12-7-9-19-10-8-12)13-5-4-6-14(21-2)15(13)16(17)18/h4-10H,3,11H2,1-2H3,(H3,17,18). The summed E-state index contributed by atoms with van der Waals surface area (Å²) in [7, 11) is 0. The van der Waals surface area contributed by atoms with E-state index >= 15 is 0 Å². The van der Waals surface area contributed by atoms with Crippen LogP contribution in [-0.4, -0.2) is 23.6 Å². The Balaban J connectivity index is 2.40. The fraction of sp³-hybridized carbons (Fsp3) is 0.250. The molecule has 0 atom stereocenters. The molecule has 0 fully saturated rings. The molecule has 0 aliphatic carbocycles. The molecule has 0 saturated carbocycles. The van der Waals surface area contributed by atoms with E-state index in [-0.39, 0.29) is 5.84 Å². The lowest BCUT2D eigenvalue weighted by atomic mass is 10.1. The molecule has 0 aliphatic rings. The van der Waals surface area contributed by atoms with Crippen molar-refractivity contribution in [1.29, 1.82) is 5.41 Å². The smallest absolute Gasteiger partial charge is 0.126 e. The number of thioether (sulfide) groups is 1. The molecule has 0 aliphatic heterocycles. The van der Waals surface area contributed by atoms with Crippen molar-refractivity contribution < 1.29 is 0 Å². The van der Waals surface area contributed by atoms with Crippen molar-refractivity contribution in [1.82, 2.24) is 4.98 Å². The second-order valence-corrected chi connectivity index (χ2v) is 5.49. The van der Waals surface area contributed by atoms with E-state index in [2.05, 4.69) is 16.8 Å². The maximum Gasteiger partial charge on any atom is 0.126 e. The number of nitrogens with one attached hydrogen (secondary N) is 1. The van der Waals surface area contributed by atoms with Gasteiger partial charge in [-0.1, -0.05) is 6.07 Å². The average Bonchev–Trinajstić information content (AvgIpc) is 2.52. The highest BCUT2D eigenvalue weighted by atomic mass is 32.2. The Bertz CT molecular complexity index is 613. The van der Waals surface area contributed by atoms with E-state index in [0.29, 0.717) is 0 Å². The lowest BCUT2D eigenvalue weighted by Gasteiger charge is -2.26. The summed E-state index contributed by atoms with van der Waals surface area (Å²) in [4.78, 5) is 7.31. The van der Waals surface area contributed by atoms with Gasteiger partial charge >= 0.3 is 0 Å². The summed E-state index contributed by atoms with van der Waals surface area (Å²) >= 11 is 1.61. The molecule has 2 rings (SSSR count). The number of benzene rings is 1. The molecule has 1 heterocycles. The van der Waals surface area contributed by atoms with E-state index in [1.54, 1.807) is 24.2 Å². The summed E-state index contributed by atoms with van der Waals surface area (Å²) in [5.41, 5.74) is 8.83.